The Kier molecular flexibility index (Phi) is 12.0. The van der Waals surface area contributed by atoms with Crippen LogP contribution in [-0.4, -0.2) is 35.1 Å². The average Bonchev–Trinajstić information content (AvgIpc) is 2.87. The first-order chi connectivity index (χ1) is 18.7. The predicted octanol–water partition coefficient (Wildman–Crippen LogP) is 6.04. The minimum Gasteiger partial charge on any atom is -0.506 e. The standard InChI is InChI=1S/C32H47N3O5/c1-20(2)28(35-29(37)23(5)33-31(39)40-19-24-12-10-9-11-13-24)30(38)34-26-18-25(14-15-27(26)36)17-21(3)16-22(4)32(6,7)8/h9-15,18,20-23,28,36H,16-17,19H2,1-8H3,(H,33,39)(H,34,38)(H,35,37)/t21-,22?,23?,28?/m1/s1. The number of benzene rings is 2. The van der Waals surface area contributed by atoms with Crippen LogP contribution in [0.25, 0.3) is 0 Å². The number of nitrogens with one attached hydrogen (secondary N) is 3. The van der Waals surface area contributed by atoms with E-state index >= 15 is 0 Å². The van der Waals surface area contributed by atoms with Crippen molar-refractivity contribution in [2.24, 2.45) is 23.2 Å². The Morgan fingerprint density at radius 3 is 2.12 bits per heavy atom. The van der Waals surface area contributed by atoms with Crippen LogP contribution in [-0.2, 0) is 27.4 Å². The Hall–Kier alpha value is -3.55. The highest BCUT2D eigenvalue weighted by molar-refractivity contribution is 5.99. The number of alkyl carbamates (subject to hydrolysis) is 1. The lowest BCUT2D eigenvalue weighted by molar-refractivity contribution is -0.128. The second kappa shape index (κ2) is 14.7. The molecule has 0 aliphatic rings. The molecule has 8 heteroatoms. The number of carbonyl (C=O) groups is 3. The molecule has 3 unspecified atom stereocenters. The van der Waals surface area contributed by atoms with Crippen LogP contribution < -0.4 is 16.0 Å². The van der Waals surface area contributed by atoms with Gasteiger partial charge in [-0.3, -0.25) is 9.59 Å². The number of amides is 3. The van der Waals surface area contributed by atoms with E-state index in [0.29, 0.717) is 17.5 Å². The largest absolute Gasteiger partial charge is 0.506 e. The number of hydrogen-bond donors (Lipinski definition) is 4. The van der Waals surface area contributed by atoms with E-state index in [9.17, 15) is 19.5 Å². The van der Waals surface area contributed by atoms with Gasteiger partial charge < -0.3 is 25.8 Å². The topological polar surface area (TPSA) is 117 Å². The van der Waals surface area contributed by atoms with Gasteiger partial charge in [0, 0.05) is 0 Å². The zero-order valence-corrected chi connectivity index (χ0v) is 25.2. The summed E-state index contributed by atoms with van der Waals surface area (Å²) in [5.41, 5.74) is 2.37. The van der Waals surface area contributed by atoms with Crippen molar-refractivity contribution in [2.75, 3.05) is 5.32 Å². The molecule has 8 nitrogen and oxygen atoms in total. The number of ether oxygens (including phenoxy) is 1. The molecule has 0 aliphatic heterocycles. The fraction of sp³-hybridized carbons (Fsp3) is 0.531. The SMILES string of the molecule is CC(NC(=O)OCc1ccccc1)C(=O)NC(C(=O)Nc1cc(C[C@H](C)CC(C)C(C)(C)C)ccc1O)C(C)C. The van der Waals surface area contributed by atoms with Gasteiger partial charge in [0.25, 0.3) is 0 Å². The van der Waals surface area contributed by atoms with Crippen LogP contribution in [0.2, 0.25) is 0 Å². The van der Waals surface area contributed by atoms with Gasteiger partial charge in [-0.15, -0.1) is 0 Å². The molecular formula is C32H47N3O5. The van der Waals surface area contributed by atoms with Crippen molar-refractivity contribution in [1.29, 1.82) is 0 Å². The lowest BCUT2D eigenvalue weighted by Gasteiger charge is -2.29. The minimum atomic E-state index is -0.925. The van der Waals surface area contributed by atoms with E-state index in [1.807, 2.05) is 50.2 Å². The monoisotopic (exact) mass is 553 g/mol. The maximum Gasteiger partial charge on any atom is 0.408 e. The van der Waals surface area contributed by atoms with Crippen molar-refractivity contribution in [1.82, 2.24) is 10.6 Å². The molecule has 0 saturated heterocycles. The Morgan fingerprint density at radius 2 is 1.52 bits per heavy atom. The molecule has 0 bridgehead atoms. The lowest BCUT2D eigenvalue weighted by Crippen LogP contribution is -2.53. The van der Waals surface area contributed by atoms with Crippen molar-refractivity contribution in [2.45, 2.75) is 86.9 Å². The number of aromatic hydroxyl groups is 1. The van der Waals surface area contributed by atoms with Crippen molar-refractivity contribution < 1.29 is 24.2 Å². The first-order valence-corrected chi connectivity index (χ1v) is 14.1. The highest BCUT2D eigenvalue weighted by Crippen LogP contribution is 2.32. The van der Waals surface area contributed by atoms with E-state index in [0.717, 1.165) is 24.0 Å². The summed E-state index contributed by atoms with van der Waals surface area (Å²) in [7, 11) is 0. The first kappa shape index (κ1) is 32.7. The molecule has 2 aromatic rings. The third-order valence-corrected chi connectivity index (χ3v) is 7.32. The fourth-order valence-corrected chi connectivity index (χ4v) is 4.28. The average molecular weight is 554 g/mol. The maximum atomic E-state index is 13.2. The molecule has 2 rings (SSSR count). The number of hydrogen-bond acceptors (Lipinski definition) is 5. The van der Waals surface area contributed by atoms with Crippen LogP contribution in [0.3, 0.4) is 0 Å². The summed E-state index contributed by atoms with van der Waals surface area (Å²) in [6.45, 7) is 16.4. The van der Waals surface area contributed by atoms with Crippen LogP contribution in [0.5, 0.6) is 5.75 Å². The highest BCUT2D eigenvalue weighted by atomic mass is 16.5. The zero-order chi connectivity index (χ0) is 30.0. The molecule has 0 radical (unpaired) electrons. The second-order valence-corrected chi connectivity index (χ2v) is 12.3. The molecule has 0 saturated carbocycles. The minimum absolute atomic E-state index is 0.0437. The van der Waals surface area contributed by atoms with Crippen LogP contribution in [0.15, 0.2) is 48.5 Å². The van der Waals surface area contributed by atoms with Crippen molar-refractivity contribution in [3.05, 3.63) is 59.7 Å². The Labute approximate surface area is 239 Å². The summed E-state index contributed by atoms with van der Waals surface area (Å²) in [6, 6.07) is 12.6. The summed E-state index contributed by atoms with van der Waals surface area (Å²) in [4.78, 5) is 38.2. The Balaban J connectivity index is 1.98. The normalized spacial score (nSPS) is 14.5. The van der Waals surface area contributed by atoms with E-state index in [2.05, 4.69) is 50.6 Å². The summed E-state index contributed by atoms with van der Waals surface area (Å²) in [5, 5.41) is 18.4. The molecule has 0 aliphatic carbocycles. The summed E-state index contributed by atoms with van der Waals surface area (Å²) >= 11 is 0. The van der Waals surface area contributed by atoms with Crippen LogP contribution >= 0.6 is 0 Å². The number of phenols is 1. The van der Waals surface area contributed by atoms with E-state index in [1.165, 1.54) is 6.92 Å². The number of anilines is 1. The van der Waals surface area contributed by atoms with Gasteiger partial charge in [-0.2, -0.15) is 0 Å². The summed E-state index contributed by atoms with van der Waals surface area (Å²) in [5.74, 6) is -0.284. The van der Waals surface area contributed by atoms with E-state index in [-0.39, 0.29) is 23.7 Å². The number of carbonyl (C=O) groups excluding carboxylic acids is 3. The van der Waals surface area contributed by atoms with Crippen LogP contribution in [0, 0.1) is 23.2 Å². The van der Waals surface area contributed by atoms with Crippen LogP contribution in [0.1, 0.15) is 72.9 Å². The third kappa shape index (κ3) is 10.5. The van der Waals surface area contributed by atoms with Gasteiger partial charge in [0.05, 0.1) is 5.69 Å². The lowest BCUT2D eigenvalue weighted by atomic mass is 9.76. The first-order valence-electron chi connectivity index (χ1n) is 14.1. The molecule has 4 N–H and O–H groups in total. The number of rotatable bonds is 12. The molecule has 0 aromatic heterocycles. The molecule has 0 heterocycles. The molecule has 3 amide bonds. The molecule has 4 atom stereocenters. The highest BCUT2D eigenvalue weighted by Gasteiger charge is 2.28. The molecular weight excluding hydrogens is 506 g/mol. The molecule has 0 fully saturated rings. The van der Waals surface area contributed by atoms with Gasteiger partial charge >= 0.3 is 6.09 Å². The van der Waals surface area contributed by atoms with Gasteiger partial charge in [0.1, 0.15) is 24.4 Å². The van der Waals surface area contributed by atoms with Gasteiger partial charge in [-0.05, 0) is 66.2 Å². The van der Waals surface area contributed by atoms with Crippen LogP contribution in [0.4, 0.5) is 10.5 Å². The van der Waals surface area contributed by atoms with E-state index < -0.39 is 30.0 Å². The molecule has 0 spiro atoms. The van der Waals surface area contributed by atoms with Gasteiger partial charge in [0.2, 0.25) is 11.8 Å². The Bertz CT molecular complexity index is 1130. The second-order valence-electron chi connectivity index (χ2n) is 12.3. The fourth-order valence-electron chi connectivity index (χ4n) is 4.28. The maximum absolute atomic E-state index is 13.2. The molecule has 40 heavy (non-hydrogen) atoms. The van der Waals surface area contributed by atoms with Gasteiger partial charge in [-0.1, -0.05) is 84.9 Å². The molecule has 220 valence electrons. The molecule has 2 aromatic carbocycles. The van der Waals surface area contributed by atoms with Crippen molar-refractivity contribution >= 4 is 23.6 Å². The Morgan fingerprint density at radius 1 is 0.875 bits per heavy atom. The van der Waals surface area contributed by atoms with Gasteiger partial charge in [0.15, 0.2) is 0 Å². The van der Waals surface area contributed by atoms with Gasteiger partial charge in [-0.25, -0.2) is 4.79 Å². The number of phenolic OH excluding ortho intramolecular Hbond substituents is 1. The summed E-state index contributed by atoms with van der Waals surface area (Å²) < 4.78 is 5.18. The van der Waals surface area contributed by atoms with Crippen molar-refractivity contribution in [3.63, 3.8) is 0 Å². The quantitative estimate of drug-likeness (QED) is 0.239. The summed E-state index contributed by atoms with van der Waals surface area (Å²) in [6.07, 6.45) is 1.15. The van der Waals surface area contributed by atoms with E-state index in [1.54, 1.807) is 12.1 Å². The predicted molar refractivity (Wildman–Crippen MR) is 159 cm³/mol. The third-order valence-electron chi connectivity index (χ3n) is 7.32. The van der Waals surface area contributed by atoms with Crippen molar-refractivity contribution in [3.8, 4) is 5.75 Å². The van der Waals surface area contributed by atoms with E-state index in [4.69, 9.17) is 4.74 Å². The zero-order valence-electron chi connectivity index (χ0n) is 25.2. The smallest absolute Gasteiger partial charge is 0.408 e.